The number of aromatic nitrogens is 4. The summed E-state index contributed by atoms with van der Waals surface area (Å²) in [6, 6.07) is 5.95. The number of pyridine rings is 1. The zero-order valence-electron chi connectivity index (χ0n) is 16.3. The van der Waals surface area contributed by atoms with Crippen molar-refractivity contribution in [3.8, 4) is 11.4 Å². The Hall–Kier alpha value is -2.60. The molecular formula is C19H20N6O3S2. The van der Waals surface area contributed by atoms with E-state index in [-0.39, 0.29) is 6.54 Å². The van der Waals surface area contributed by atoms with Crippen LogP contribution in [-0.4, -0.2) is 60.9 Å². The van der Waals surface area contributed by atoms with Gasteiger partial charge >= 0.3 is 0 Å². The molecule has 1 saturated heterocycles. The molecule has 0 saturated carbocycles. The van der Waals surface area contributed by atoms with Crippen LogP contribution in [0, 0.1) is 0 Å². The molecule has 2 N–H and O–H groups in total. The van der Waals surface area contributed by atoms with Gasteiger partial charge in [-0.2, -0.15) is 0 Å². The van der Waals surface area contributed by atoms with Crippen molar-refractivity contribution in [2.45, 2.75) is 6.54 Å². The van der Waals surface area contributed by atoms with Crippen LogP contribution in [-0.2, 0) is 21.3 Å². The highest BCUT2D eigenvalue weighted by Crippen LogP contribution is 2.34. The van der Waals surface area contributed by atoms with Crippen molar-refractivity contribution in [2.75, 3.05) is 37.5 Å². The monoisotopic (exact) mass is 444 g/mol. The highest BCUT2D eigenvalue weighted by atomic mass is 32.2. The van der Waals surface area contributed by atoms with E-state index in [1.807, 2.05) is 24.4 Å². The number of nitrogens with one attached hydrogen (secondary N) is 2. The lowest BCUT2D eigenvalue weighted by molar-refractivity contribution is 0.122. The number of aromatic amines is 1. The Morgan fingerprint density at radius 3 is 2.90 bits per heavy atom. The van der Waals surface area contributed by atoms with Gasteiger partial charge in [-0.05, 0) is 18.2 Å². The van der Waals surface area contributed by atoms with Crippen LogP contribution in [0.1, 0.15) is 4.88 Å². The molecule has 30 heavy (non-hydrogen) atoms. The first kappa shape index (κ1) is 19.4. The number of ether oxygens (including phenoxy) is 1. The molecule has 0 bridgehead atoms. The summed E-state index contributed by atoms with van der Waals surface area (Å²) in [6.45, 7) is 3.00. The van der Waals surface area contributed by atoms with Crippen LogP contribution < -0.4 is 9.62 Å². The molecule has 4 aromatic heterocycles. The molecule has 1 aliphatic rings. The lowest BCUT2D eigenvalue weighted by atomic mass is 10.2. The number of fused-ring (bicyclic) bond motifs is 2. The predicted molar refractivity (Wildman–Crippen MR) is 117 cm³/mol. The summed E-state index contributed by atoms with van der Waals surface area (Å²) in [4.78, 5) is 21.1. The van der Waals surface area contributed by atoms with Gasteiger partial charge in [-0.15, -0.1) is 11.3 Å². The maximum atomic E-state index is 11.5. The Bertz CT molecular complexity index is 1320. The number of hydrogen-bond acceptors (Lipinski definition) is 8. The van der Waals surface area contributed by atoms with Gasteiger partial charge in [0, 0.05) is 47.9 Å². The summed E-state index contributed by atoms with van der Waals surface area (Å²) < 4.78 is 31.0. The van der Waals surface area contributed by atoms with Crippen molar-refractivity contribution in [1.82, 2.24) is 24.7 Å². The predicted octanol–water partition coefficient (Wildman–Crippen LogP) is 2.12. The summed E-state index contributed by atoms with van der Waals surface area (Å²) in [7, 11) is -3.27. The van der Waals surface area contributed by atoms with Gasteiger partial charge in [-0.1, -0.05) is 0 Å². The standard InChI is InChI=1S/C19H20N6O3S2/c1-30(26,27)22-11-14-9-15-18(25-4-6-28-7-5-25)23-17(24-19(15)29-14)13-8-12-2-3-20-16(12)21-10-13/h2-3,8-10,22H,4-7,11H2,1H3,(H,20,21). The molecule has 11 heteroatoms. The van der Waals surface area contributed by atoms with Crippen molar-refractivity contribution < 1.29 is 13.2 Å². The molecule has 5 heterocycles. The molecule has 1 fully saturated rings. The Kier molecular flexibility index (Phi) is 4.89. The molecule has 1 aliphatic heterocycles. The van der Waals surface area contributed by atoms with Crippen molar-refractivity contribution >= 4 is 48.4 Å². The first-order valence-corrected chi connectivity index (χ1v) is 12.2. The molecule has 5 rings (SSSR count). The second-order valence-electron chi connectivity index (χ2n) is 7.13. The Morgan fingerprint density at radius 2 is 2.10 bits per heavy atom. The highest BCUT2D eigenvalue weighted by Gasteiger charge is 2.20. The number of thiophene rings is 1. The minimum absolute atomic E-state index is 0.231. The lowest BCUT2D eigenvalue weighted by Gasteiger charge is -2.28. The minimum atomic E-state index is -3.27. The SMILES string of the molecule is CS(=O)(=O)NCc1cc2c(N3CCOCC3)nc(-c3cnc4[nH]ccc4c3)nc2s1. The van der Waals surface area contributed by atoms with Crippen molar-refractivity contribution in [3.63, 3.8) is 0 Å². The maximum absolute atomic E-state index is 11.5. The zero-order chi connectivity index (χ0) is 20.7. The molecule has 0 aliphatic carbocycles. The van der Waals surface area contributed by atoms with Gasteiger partial charge in [-0.25, -0.2) is 28.1 Å². The molecular weight excluding hydrogens is 424 g/mol. The van der Waals surface area contributed by atoms with Gasteiger partial charge in [0.25, 0.3) is 0 Å². The molecule has 4 aromatic rings. The Labute approximate surface area is 177 Å². The molecule has 156 valence electrons. The summed E-state index contributed by atoms with van der Waals surface area (Å²) in [5, 5.41) is 1.92. The molecule has 0 atom stereocenters. The van der Waals surface area contributed by atoms with E-state index in [0.29, 0.717) is 19.0 Å². The Balaban J connectivity index is 1.61. The van der Waals surface area contributed by atoms with Crippen LogP contribution in [0.2, 0.25) is 0 Å². The summed E-state index contributed by atoms with van der Waals surface area (Å²) in [6.07, 6.45) is 4.77. The topological polar surface area (TPSA) is 113 Å². The fraction of sp³-hybridized carbons (Fsp3) is 0.316. The molecule has 0 radical (unpaired) electrons. The van der Waals surface area contributed by atoms with Crippen LogP contribution in [0.15, 0.2) is 30.6 Å². The van der Waals surface area contributed by atoms with Crippen LogP contribution in [0.25, 0.3) is 32.6 Å². The highest BCUT2D eigenvalue weighted by molar-refractivity contribution is 7.88. The molecule has 9 nitrogen and oxygen atoms in total. The maximum Gasteiger partial charge on any atom is 0.209 e. The van der Waals surface area contributed by atoms with Crippen LogP contribution in [0.3, 0.4) is 0 Å². The van der Waals surface area contributed by atoms with Gasteiger partial charge in [0.2, 0.25) is 10.0 Å². The van der Waals surface area contributed by atoms with Crippen LogP contribution in [0.4, 0.5) is 5.82 Å². The fourth-order valence-electron chi connectivity index (χ4n) is 3.45. The van der Waals surface area contributed by atoms with Gasteiger partial charge in [0.15, 0.2) is 5.82 Å². The smallest absolute Gasteiger partial charge is 0.209 e. The second kappa shape index (κ2) is 7.58. The number of nitrogens with zero attached hydrogens (tertiary/aromatic N) is 4. The third-order valence-electron chi connectivity index (χ3n) is 4.90. The van der Waals surface area contributed by atoms with Crippen molar-refractivity contribution in [1.29, 1.82) is 0 Å². The number of H-pyrrole nitrogens is 1. The third-order valence-corrected chi connectivity index (χ3v) is 6.60. The van der Waals surface area contributed by atoms with Crippen LogP contribution >= 0.6 is 11.3 Å². The minimum Gasteiger partial charge on any atom is -0.378 e. The van der Waals surface area contributed by atoms with E-state index < -0.39 is 10.0 Å². The molecule has 0 unspecified atom stereocenters. The quantitative estimate of drug-likeness (QED) is 0.485. The number of morpholine rings is 1. The first-order valence-electron chi connectivity index (χ1n) is 9.47. The normalized spacial score (nSPS) is 15.3. The van der Waals surface area contributed by atoms with Crippen molar-refractivity contribution in [3.05, 3.63) is 35.5 Å². The zero-order valence-corrected chi connectivity index (χ0v) is 17.9. The summed E-state index contributed by atoms with van der Waals surface area (Å²) >= 11 is 1.47. The van der Waals surface area contributed by atoms with E-state index in [4.69, 9.17) is 14.7 Å². The Morgan fingerprint density at radius 1 is 1.27 bits per heavy atom. The molecule has 0 aromatic carbocycles. The van der Waals surface area contributed by atoms with Gasteiger partial charge in [0.1, 0.15) is 16.3 Å². The average Bonchev–Trinajstić information content (AvgIpc) is 3.37. The lowest BCUT2D eigenvalue weighted by Crippen LogP contribution is -2.37. The van der Waals surface area contributed by atoms with E-state index in [2.05, 4.69) is 19.6 Å². The largest absolute Gasteiger partial charge is 0.378 e. The van der Waals surface area contributed by atoms with E-state index in [1.54, 1.807) is 6.20 Å². The van der Waals surface area contributed by atoms with Gasteiger partial charge in [-0.3, -0.25) is 0 Å². The summed E-state index contributed by atoms with van der Waals surface area (Å²) in [5.41, 5.74) is 1.65. The average molecular weight is 445 g/mol. The first-order chi connectivity index (χ1) is 14.5. The van der Waals surface area contributed by atoms with Crippen LogP contribution in [0.5, 0.6) is 0 Å². The third kappa shape index (κ3) is 3.88. The number of hydrogen-bond donors (Lipinski definition) is 2. The molecule has 0 amide bonds. The van der Waals surface area contributed by atoms with Crippen molar-refractivity contribution in [2.24, 2.45) is 0 Å². The van der Waals surface area contributed by atoms with E-state index in [0.717, 1.165) is 56.9 Å². The van der Waals surface area contributed by atoms with Gasteiger partial charge in [0.05, 0.1) is 24.9 Å². The number of rotatable bonds is 5. The summed E-state index contributed by atoms with van der Waals surface area (Å²) in [5.74, 6) is 1.44. The van der Waals surface area contributed by atoms with Gasteiger partial charge < -0.3 is 14.6 Å². The van der Waals surface area contributed by atoms with E-state index >= 15 is 0 Å². The number of sulfonamides is 1. The molecule has 0 spiro atoms. The van der Waals surface area contributed by atoms with E-state index in [9.17, 15) is 8.42 Å². The fourth-order valence-corrected chi connectivity index (χ4v) is 4.92. The second-order valence-corrected chi connectivity index (χ2v) is 10.1. The number of anilines is 1. The van der Waals surface area contributed by atoms with E-state index in [1.165, 1.54) is 11.3 Å².